The minimum atomic E-state index is -0.0148. The van der Waals surface area contributed by atoms with Gasteiger partial charge >= 0.3 is 0 Å². The molecule has 0 amide bonds. The van der Waals surface area contributed by atoms with Crippen LogP contribution >= 0.6 is 0 Å². The number of nitrogens with zero attached hydrogens (tertiary/aromatic N) is 4. The molecule has 5 rings (SSSR count). The highest BCUT2D eigenvalue weighted by Crippen LogP contribution is 2.30. The van der Waals surface area contributed by atoms with E-state index in [1.807, 2.05) is 78.2 Å². The first-order valence-corrected chi connectivity index (χ1v) is 11.0. The van der Waals surface area contributed by atoms with Crippen molar-refractivity contribution in [3.05, 3.63) is 82.9 Å². The first-order chi connectivity index (χ1) is 15.2. The number of pyridine rings is 1. The molecule has 3 heterocycles. The standard InChI is InChI=1S/C26H26N4O/c1-19-27-25-24(26(31)30(19)18-29-15-9-4-10-16-29)22(20-11-5-2-6-12-20)17-23(28-25)21-13-7-3-8-14-21/h2-3,5-8,11-14,17H,4,9-10,15-16,18H2,1H3. The fraction of sp³-hybridized carbons (Fsp3) is 0.269. The van der Waals surface area contributed by atoms with Crippen molar-refractivity contribution in [3.8, 4) is 22.4 Å². The molecular weight excluding hydrogens is 384 g/mol. The third-order valence-corrected chi connectivity index (χ3v) is 6.06. The Morgan fingerprint density at radius 1 is 0.839 bits per heavy atom. The molecule has 4 aromatic rings. The molecule has 0 aliphatic carbocycles. The predicted molar refractivity (Wildman–Crippen MR) is 125 cm³/mol. The summed E-state index contributed by atoms with van der Waals surface area (Å²) in [4.78, 5) is 25.7. The Bertz CT molecular complexity index is 1260. The van der Waals surface area contributed by atoms with Gasteiger partial charge in [-0.15, -0.1) is 0 Å². The number of aryl methyl sites for hydroxylation is 1. The molecule has 2 aromatic heterocycles. The van der Waals surface area contributed by atoms with E-state index in [0.29, 0.717) is 23.5 Å². The van der Waals surface area contributed by atoms with Crippen molar-refractivity contribution in [2.45, 2.75) is 32.9 Å². The van der Waals surface area contributed by atoms with Crippen LogP contribution in [0, 0.1) is 6.92 Å². The van der Waals surface area contributed by atoms with Crippen LogP contribution in [0.2, 0.25) is 0 Å². The number of benzene rings is 2. The van der Waals surface area contributed by atoms with Crippen molar-refractivity contribution in [3.63, 3.8) is 0 Å². The zero-order chi connectivity index (χ0) is 21.2. The lowest BCUT2D eigenvalue weighted by atomic mass is 10.00. The van der Waals surface area contributed by atoms with E-state index in [2.05, 4.69) is 4.90 Å². The Hall–Kier alpha value is -3.31. The van der Waals surface area contributed by atoms with Gasteiger partial charge in [-0.05, 0) is 44.5 Å². The molecule has 1 aliphatic rings. The lowest BCUT2D eigenvalue weighted by molar-refractivity contribution is 0.177. The highest BCUT2D eigenvalue weighted by Gasteiger charge is 2.19. The third kappa shape index (κ3) is 3.89. The molecule has 0 radical (unpaired) electrons. The summed E-state index contributed by atoms with van der Waals surface area (Å²) in [6.45, 7) is 4.55. The van der Waals surface area contributed by atoms with Crippen LogP contribution in [0.5, 0.6) is 0 Å². The SMILES string of the molecule is Cc1nc2nc(-c3ccccc3)cc(-c3ccccc3)c2c(=O)n1CN1CCCCC1. The van der Waals surface area contributed by atoms with E-state index >= 15 is 0 Å². The molecule has 1 saturated heterocycles. The van der Waals surface area contributed by atoms with Gasteiger partial charge in [-0.25, -0.2) is 9.97 Å². The predicted octanol–water partition coefficient (Wildman–Crippen LogP) is 4.88. The summed E-state index contributed by atoms with van der Waals surface area (Å²) in [5.41, 5.74) is 4.22. The number of hydrogen-bond donors (Lipinski definition) is 0. The summed E-state index contributed by atoms with van der Waals surface area (Å²) in [5, 5.41) is 0.591. The van der Waals surface area contributed by atoms with Crippen LogP contribution in [0.25, 0.3) is 33.4 Å². The number of likely N-dealkylation sites (tertiary alicyclic amines) is 1. The quantitative estimate of drug-likeness (QED) is 0.481. The summed E-state index contributed by atoms with van der Waals surface area (Å²) >= 11 is 0. The summed E-state index contributed by atoms with van der Waals surface area (Å²) in [6.07, 6.45) is 3.64. The van der Waals surface area contributed by atoms with Crippen LogP contribution in [0.3, 0.4) is 0 Å². The largest absolute Gasteiger partial charge is 0.286 e. The van der Waals surface area contributed by atoms with Crippen molar-refractivity contribution in [2.75, 3.05) is 13.1 Å². The number of aromatic nitrogens is 3. The van der Waals surface area contributed by atoms with Crippen molar-refractivity contribution in [1.82, 2.24) is 19.4 Å². The maximum atomic E-state index is 13.7. The lowest BCUT2D eigenvalue weighted by Crippen LogP contribution is -2.37. The molecule has 5 heteroatoms. The van der Waals surface area contributed by atoms with Gasteiger partial charge in [0.05, 0.1) is 17.7 Å². The second-order valence-corrected chi connectivity index (χ2v) is 8.20. The second-order valence-electron chi connectivity index (χ2n) is 8.20. The van der Waals surface area contributed by atoms with Gasteiger partial charge in [-0.3, -0.25) is 14.3 Å². The fourth-order valence-corrected chi connectivity index (χ4v) is 4.39. The molecule has 0 unspecified atom stereocenters. The fourth-order valence-electron chi connectivity index (χ4n) is 4.39. The summed E-state index contributed by atoms with van der Waals surface area (Å²) in [6, 6.07) is 22.1. The molecule has 1 fully saturated rings. The molecule has 5 nitrogen and oxygen atoms in total. The van der Waals surface area contributed by atoms with Crippen LogP contribution in [-0.4, -0.2) is 32.5 Å². The van der Waals surface area contributed by atoms with E-state index in [1.54, 1.807) is 0 Å². The van der Waals surface area contributed by atoms with E-state index in [9.17, 15) is 4.79 Å². The van der Waals surface area contributed by atoms with E-state index < -0.39 is 0 Å². The lowest BCUT2D eigenvalue weighted by Gasteiger charge is -2.27. The number of fused-ring (bicyclic) bond motifs is 1. The molecule has 0 spiro atoms. The van der Waals surface area contributed by atoms with Gasteiger partial charge < -0.3 is 0 Å². The minimum absolute atomic E-state index is 0.0148. The van der Waals surface area contributed by atoms with Crippen molar-refractivity contribution in [2.24, 2.45) is 0 Å². The highest BCUT2D eigenvalue weighted by atomic mass is 16.1. The first-order valence-electron chi connectivity index (χ1n) is 11.0. The minimum Gasteiger partial charge on any atom is -0.286 e. The van der Waals surface area contributed by atoms with Crippen molar-refractivity contribution in [1.29, 1.82) is 0 Å². The Balaban J connectivity index is 1.73. The molecule has 0 N–H and O–H groups in total. The van der Waals surface area contributed by atoms with Gasteiger partial charge in [0, 0.05) is 11.1 Å². The molecule has 2 aromatic carbocycles. The maximum Gasteiger partial charge on any atom is 0.264 e. The monoisotopic (exact) mass is 410 g/mol. The molecule has 1 aliphatic heterocycles. The average Bonchev–Trinajstić information content (AvgIpc) is 2.83. The number of piperidine rings is 1. The van der Waals surface area contributed by atoms with Crippen molar-refractivity contribution < 1.29 is 0 Å². The Morgan fingerprint density at radius 2 is 1.48 bits per heavy atom. The molecular formula is C26H26N4O. The molecule has 0 bridgehead atoms. The van der Waals surface area contributed by atoms with Crippen molar-refractivity contribution >= 4 is 11.0 Å². The van der Waals surface area contributed by atoms with Gasteiger partial charge in [0.2, 0.25) is 0 Å². The van der Waals surface area contributed by atoms with Crippen LogP contribution in [0.1, 0.15) is 25.1 Å². The van der Waals surface area contributed by atoms with Crippen LogP contribution in [-0.2, 0) is 6.67 Å². The second kappa shape index (κ2) is 8.44. The van der Waals surface area contributed by atoms with E-state index in [4.69, 9.17) is 9.97 Å². The van der Waals surface area contributed by atoms with Gasteiger partial charge in [0.25, 0.3) is 5.56 Å². The Kier molecular flexibility index (Phi) is 5.35. The Morgan fingerprint density at radius 3 is 2.16 bits per heavy atom. The molecule has 31 heavy (non-hydrogen) atoms. The Labute approximate surface area is 182 Å². The zero-order valence-electron chi connectivity index (χ0n) is 17.8. The smallest absolute Gasteiger partial charge is 0.264 e. The van der Waals surface area contributed by atoms with Gasteiger partial charge in [0.1, 0.15) is 5.82 Å². The van der Waals surface area contributed by atoms with Gasteiger partial charge in [-0.2, -0.15) is 0 Å². The normalized spacial score (nSPS) is 14.7. The molecule has 156 valence electrons. The van der Waals surface area contributed by atoms with E-state index in [0.717, 1.165) is 35.5 Å². The zero-order valence-corrected chi connectivity index (χ0v) is 17.8. The van der Waals surface area contributed by atoms with Gasteiger partial charge in [-0.1, -0.05) is 67.1 Å². The topological polar surface area (TPSA) is 51.0 Å². The summed E-state index contributed by atoms with van der Waals surface area (Å²) in [5.74, 6) is 0.708. The molecule has 0 atom stereocenters. The van der Waals surface area contributed by atoms with Crippen LogP contribution in [0.4, 0.5) is 0 Å². The van der Waals surface area contributed by atoms with Gasteiger partial charge in [0.15, 0.2) is 5.65 Å². The van der Waals surface area contributed by atoms with Crippen LogP contribution < -0.4 is 5.56 Å². The number of hydrogen-bond acceptors (Lipinski definition) is 4. The van der Waals surface area contributed by atoms with Crippen LogP contribution in [0.15, 0.2) is 71.5 Å². The summed E-state index contributed by atoms with van der Waals surface area (Å²) in [7, 11) is 0. The van der Waals surface area contributed by atoms with E-state index in [1.165, 1.54) is 19.3 Å². The highest BCUT2D eigenvalue weighted by molar-refractivity contribution is 5.94. The molecule has 0 saturated carbocycles. The van der Waals surface area contributed by atoms with E-state index in [-0.39, 0.29) is 5.56 Å². The first kappa shape index (κ1) is 19.6. The number of rotatable bonds is 4. The summed E-state index contributed by atoms with van der Waals surface area (Å²) < 4.78 is 1.81. The maximum absolute atomic E-state index is 13.7. The average molecular weight is 411 g/mol. The third-order valence-electron chi connectivity index (χ3n) is 6.06.